The molecular formula is C14H25N3. The van der Waals surface area contributed by atoms with Crippen molar-refractivity contribution < 1.29 is 0 Å². The minimum Gasteiger partial charge on any atom is -0.326 e. The Morgan fingerprint density at radius 2 is 1.82 bits per heavy atom. The summed E-state index contributed by atoms with van der Waals surface area (Å²) in [5.74, 6) is 0. The SMILES string of the molecule is CCCN(C(C)C)C(c1ccncc1)C(C)N. The van der Waals surface area contributed by atoms with Crippen LogP contribution in [0.2, 0.25) is 0 Å². The summed E-state index contributed by atoms with van der Waals surface area (Å²) >= 11 is 0. The summed E-state index contributed by atoms with van der Waals surface area (Å²) < 4.78 is 0. The quantitative estimate of drug-likeness (QED) is 0.824. The largest absolute Gasteiger partial charge is 0.326 e. The highest BCUT2D eigenvalue weighted by Crippen LogP contribution is 2.25. The highest BCUT2D eigenvalue weighted by Gasteiger charge is 2.25. The van der Waals surface area contributed by atoms with E-state index in [1.54, 1.807) is 0 Å². The van der Waals surface area contributed by atoms with E-state index in [2.05, 4.69) is 49.7 Å². The van der Waals surface area contributed by atoms with Crippen LogP contribution in [0.5, 0.6) is 0 Å². The molecule has 1 aromatic heterocycles. The van der Waals surface area contributed by atoms with Gasteiger partial charge in [0, 0.05) is 30.5 Å². The maximum Gasteiger partial charge on any atom is 0.0500 e. The Bertz CT molecular complexity index is 309. The van der Waals surface area contributed by atoms with Crippen molar-refractivity contribution in [1.82, 2.24) is 9.88 Å². The van der Waals surface area contributed by atoms with Crippen LogP contribution in [-0.4, -0.2) is 28.5 Å². The number of aromatic nitrogens is 1. The number of hydrogen-bond donors (Lipinski definition) is 1. The standard InChI is InChI=1S/C14H25N3/c1-5-10-17(11(2)3)14(12(4)15)13-6-8-16-9-7-13/h6-9,11-12,14H,5,10,15H2,1-4H3. The van der Waals surface area contributed by atoms with Gasteiger partial charge in [-0.3, -0.25) is 9.88 Å². The fourth-order valence-electron chi connectivity index (χ4n) is 2.33. The fraction of sp³-hybridized carbons (Fsp3) is 0.643. The number of rotatable bonds is 6. The van der Waals surface area contributed by atoms with Gasteiger partial charge in [0.05, 0.1) is 0 Å². The van der Waals surface area contributed by atoms with Gasteiger partial charge in [-0.05, 0) is 51.4 Å². The van der Waals surface area contributed by atoms with E-state index < -0.39 is 0 Å². The maximum absolute atomic E-state index is 6.18. The van der Waals surface area contributed by atoms with Crippen molar-refractivity contribution in [1.29, 1.82) is 0 Å². The molecule has 0 aliphatic heterocycles. The van der Waals surface area contributed by atoms with Crippen LogP contribution in [0, 0.1) is 0 Å². The first-order valence-electron chi connectivity index (χ1n) is 6.49. The van der Waals surface area contributed by atoms with Gasteiger partial charge >= 0.3 is 0 Å². The minimum atomic E-state index is 0.117. The highest BCUT2D eigenvalue weighted by atomic mass is 15.2. The predicted octanol–water partition coefficient (Wildman–Crippen LogP) is 2.59. The van der Waals surface area contributed by atoms with Gasteiger partial charge in [0.25, 0.3) is 0 Å². The molecule has 0 fully saturated rings. The van der Waals surface area contributed by atoms with E-state index in [1.807, 2.05) is 12.4 Å². The molecule has 0 spiro atoms. The monoisotopic (exact) mass is 235 g/mol. The minimum absolute atomic E-state index is 0.117. The molecule has 2 atom stereocenters. The average Bonchev–Trinajstić information content (AvgIpc) is 2.29. The summed E-state index contributed by atoms with van der Waals surface area (Å²) in [6.45, 7) is 9.82. The predicted molar refractivity (Wildman–Crippen MR) is 72.8 cm³/mol. The molecule has 3 nitrogen and oxygen atoms in total. The Morgan fingerprint density at radius 1 is 1.24 bits per heavy atom. The van der Waals surface area contributed by atoms with Crippen LogP contribution in [0.15, 0.2) is 24.5 Å². The summed E-state index contributed by atoms with van der Waals surface area (Å²) in [5, 5.41) is 0. The van der Waals surface area contributed by atoms with Crippen molar-refractivity contribution in [2.24, 2.45) is 5.73 Å². The van der Waals surface area contributed by atoms with Gasteiger partial charge < -0.3 is 5.73 Å². The molecule has 0 saturated heterocycles. The van der Waals surface area contributed by atoms with Gasteiger partial charge in [-0.2, -0.15) is 0 Å². The summed E-state index contributed by atoms with van der Waals surface area (Å²) in [5.41, 5.74) is 7.44. The fourth-order valence-corrected chi connectivity index (χ4v) is 2.33. The number of nitrogens with zero attached hydrogens (tertiary/aromatic N) is 2. The van der Waals surface area contributed by atoms with Crippen LogP contribution in [0.25, 0.3) is 0 Å². The molecule has 1 heterocycles. The first kappa shape index (κ1) is 14.1. The van der Waals surface area contributed by atoms with Crippen LogP contribution in [0.1, 0.15) is 45.7 Å². The van der Waals surface area contributed by atoms with Crippen molar-refractivity contribution >= 4 is 0 Å². The van der Waals surface area contributed by atoms with Gasteiger partial charge in [0.15, 0.2) is 0 Å². The second-order valence-corrected chi connectivity index (χ2v) is 4.92. The lowest BCUT2D eigenvalue weighted by molar-refractivity contribution is 0.136. The summed E-state index contributed by atoms with van der Waals surface area (Å²) in [4.78, 5) is 6.55. The van der Waals surface area contributed by atoms with Crippen LogP contribution in [-0.2, 0) is 0 Å². The van der Waals surface area contributed by atoms with Gasteiger partial charge in [-0.25, -0.2) is 0 Å². The topological polar surface area (TPSA) is 42.2 Å². The molecule has 0 amide bonds. The smallest absolute Gasteiger partial charge is 0.0500 e. The molecule has 96 valence electrons. The zero-order valence-electron chi connectivity index (χ0n) is 11.4. The van der Waals surface area contributed by atoms with E-state index in [4.69, 9.17) is 5.73 Å². The molecule has 0 aliphatic rings. The Morgan fingerprint density at radius 3 is 2.24 bits per heavy atom. The molecular weight excluding hydrogens is 210 g/mol. The van der Waals surface area contributed by atoms with E-state index in [0.717, 1.165) is 13.0 Å². The van der Waals surface area contributed by atoms with E-state index in [9.17, 15) is 0 Å². The maximum atomic E-state index is 6.18. The Kier molecular flexibility index (Phi) is 5.59. The second-order valence-electron chi connectivity index (χ2n) is 4.92. The van der Waals surface area contributed by atoms with Crippen LogP contribution >= 0.6 is 0 Å². The van der Waals surface area contributed by atoms with Crippen molar-refractivity contribution in [3.8, 4) is 0 Å². The normalized spacial score (nSPS) is 15.2. The average molecular weight is 235 g/mol. The zero-order valence-corrected chi connectivity index (χ0v) is 11.4. The van der Waals surface area contributed by atoms with Gasteiger partial charge in [0.1, 0.15) is 0 Å². The van der Waals surface area contributed by atoms with E-state index >= 15 is 0 Å². The van der Waals surface area contributed by atoms with Crippen LogP contribution in [0.3, 0.4) is 0 Å². The third-order valence-corrected chi connectivity index (χ3v) is 3.05. The molecule has 1 aromatic rings. The summed E-state index contributed by atoms with van der Waals surface area (Å²) in [6, 6.07) is 5.03. The van der Waals surface area contributed by atoms with E-state index in [-0.39, 0.29) is 12.1 Å². The van der Waals surface area contributed by atoms with Crippen molar-refractivity contribution in [3.63, 3.8) is 0 Å². The third kappa shape index (κ3) is 3.79. The number of pyridine rings is 1. The van der Waals surface area contributed by atoms with Crippen LogP contribution < -0.4 is 5.73 Å². The zero-order chi connectivity index (χ0) is 12.8. The Hall–Kier alpha value is -0.930. The molecule has 0 saturated carbocycles. The molecule has 0 radical (unpaired) electrons. The highest BCUT2D eigenvalue weighted by molar-refractivity contribution is 5.17. The first-order chi connectivity index (χ1) is 8.07. The molecule has 2 unspecified atom stereocenters. The number of hydrogen-bond acceptors (Lipinski definition) is 3. The Labute approximate surface area is 105 Å². The van der Waals surface area contributed by atoms with E-state index in [1.165, 1.54) is 5.56 Å². The van der Waals surface area contributed by atoms with Gasteiger partial charge in [0.2, 0.25) is 0 Å². The molecule has 0 aromatic carbocycles. The van der Waals surface area contributed by atoms with Crippen molar-refractivity contribution in [3.05, 3.63) is 30.1 Å². The lowest BCUT2D eigenvalue weighted by atomic mass is 9.98. The third-order valence-electron chi connectivity index (χ3n) is 3.05. The Balaban J connectivity index is 2.98. The second kappa shape index (κ2) is 6.72. The lowest BCUT2D eigenvalue weighted by Gasteiger charge is -2.37. The van der Waals surface area contributed by atoms with Crippen molar-refractivity contribution in [2.75, 3.05) is 6.54 Å². The summed E-state index contributed by atoms with van der Waals surface area (Å²) in [6.07, 6.45) is 4.83. The first-order valence-corrected chi connectivity index (χ1v) is 6.49. The van der Waals surface area contributed by atoms with Crippen LogP contribution in [0.4, 0.5) is 0 Å². The molecule has 0 bridgehead atoms. The van der Waals surface area contributed by atoms with Gasteiger partial charge in [-0.1, -0.05) is 6.92 Å². The molecule has 3 heteroatoms. The summed E-state index contributed by atoms with van der Waals surface area (Å²) in [7, 11) is 0. The molecule has 17 heavy (non-hydrogen) atoms. The number of nitrogens with two attached hydrogens (primary N) is 1. The molecule has 1 rings (SSSR count). The van der Waals surface area contributed by atoms with E-state index in [0.29, 0.717) is 6.04 Å². The lowest BCUT2D eigenvalue weighted by Crippen LogP contribution is -2.43. The van der Waals surface area contributed by atoms with Gasteiger partial charge in [-0.15, -0.1) is 0 Å². The molecule has 0 aliphatic carbocycles. The molecule has 2 N–H and O–H groups in total. The van der Waals surface area contributed by atoms with Crippen molar-refractivity contribution in [2.45, 2.75) is 52.2 Å².